The molecule has 0 saturated heterocycles. The number of rotatable bonds is 4. The lowest BCUT2D eigenvalue weighted by atomic mass is 10.1. The van der Waals surface area contributed by atoms with Crippen molar-refractivity contribution in [2.45, 2.75) is 13.8 Å². The van der Waals surface area contributed by atoms with Gasteiger partial charge in [-0.3, -0.25) is 0 Å². The fourth-order valence-electron chi connectivity index (χ4n) is 1.80. The molecule has 0 aliphatic heterocycles. The first kappa shape index (κ1) is 13.2. The summed E-state index contributed by atoms with van der Waals surface area (Å²) in [5.74, 6) is -0.120. The van der Waals surface area contributed by atoms with Gasteiger partial charge in [-0.25, -0.2) is 4.39 Å². The number of hydrogen-bond acceptors (Lipinski definition) is 3. The predicted molar refractivity (Wildman–Crippen MR) is 76.4 cm³/mol. The molecule has 0 aliphatic carbocycles. The van der Waals surface area contributed by atoms with E-state index in [1.165, 1.54) is 6.07 Å². The van der Waals surface area contributed by atoms with Gasteiger partial charge in [0.15, 0.2) is 11.6 Å². The minimum Gasteiger partial charge on any atom is -0.491 e. The summed E-state index contributed by atoms with van der Waals surface area (Å²) in [5, 5.41) is 3.15. The fraction of sp³-hybridized carbons (Fsp3) is 0.200. The second kappa shape index (κ2) is 5.61. The van der Waals surface area contributed by atoms with Gasteiger partial charge >= 0.3 is 0 Å². The minimum absolute atomic E-state index is 0.261. The molecule has 0 aliphatic rings. The molecule has 0 radical (unpaired) electrons. The largest absolute Gasteiger partial charge is 0.491 e. The second-order valence-corrected chi connectivity index (χ2v) is 4.22. The zero-order chi connectivity index (χ0) is 13.8. The molecular weight excluding hydrogens is 243 g/mol. The van der Waals surface area contributed by atoms with Gasteiger partial charge in [0.1, 0.15) is 0 Å². The van der Waals surface area contributed by atoms with Gasteiger partial charge in [-0.15, -0.1) is 0 Å². The van der Waals surface area contributed by atoms with E-state index >= 15 is 0 Å². The summed E-state index contributed by atoms with van der Waals surface area (Å²) in [5.41, 5.74) is 9.01. The third-order valence-corrected chi connectivity index (χ3v) is 2.89. The van der Waals surface area contributed by atoms with Crippen LogP contribution in [0.4, 0.5) is 21.5 Å². The van der Waals surface area contributed by atoms with E-state index in [4.69, 9.17) is 10.5 Å². The van der Waals surface area contributed by atoms with Gasteiger partial charge in [0.2, 0.25) is 0 Å². The lowest BCUT2D eigenvalue weighted by molar-refractivity contribution is 0.321. The Morgan fingerprint density at radius 2 is 2.05 bits per heavy atom. The molecule has 19 heavy (non-hydrogen) atoms. The maximum atomic E-state index is 13.7. The van der Waals surface area contributed by atoms with Crippen molar-refractivity contribution in [2.24, 2.45) is 0 Å². The quantitative estimate of drug-likeness (QED) is 0.821. The molecule has 0 fully saturated rings. The van der Waals surface area contributed by atoms with Gasteiger partial charge in [0, 0.05) is 23.1 Å². The normalized spacial score (nSPS) is 10.3. The van der Waals surface area contributed by atoms with Gasteiger partial charge < -0.3 is 15.8 Å². The molecule has 0 heterocycles. The molecule has 0 amide bonds. The molecule has 2 rings (SSSR count). The minimum atomic E-state index is -0.381. The third-order valence-electron chi connectivity index (χ3n) is 2.89. The van der Waals surface area contributed by atoms with Crippen molar-refractivity contribution in [3.05, 3.63) is 47.8 Å². The lowest BCUT2D eigenvalue weighted by Gasteiger charge is -2.12. The molecule has 100 valence electrons. The lowest BCUT2D eigenvalue weighted by Crippen LogP contribution is -1.99. The Balaban J connectivity index is 2.24. The van der Waals surface area contributed by atoms with Crippen LogP contribution in [-0.2, 0) is 0 Å². The van der Waals surface area contributed by atoms with Gasteiger partial charge in [0.05, 0.1) is 6.61 Å². The molecule has 0 aromatic heterocycles. The predicted octanol–water partition coefficient (Wildman–Crippen LogP) is 3.86. The molecule has 0 unspecified atom stereocenters. The zero-order valence-corrected chi connectivity index (χ0v) is 11.0. The van der Waals surface area contributed by atoms with E-state index in [1.54, 1.807) is 12.1 Å². The summed E-state index contributed by atoms with van der Waals surface area (Å²) in [4.78, 5) is 0. The van der Waals surface area contributed by atoms with Crippen molar-refractivity contribution in [2.75, 3.05) is 17.7 Å². The molecule has 2 aromatic rings. The number of nitrogens with two attached hydrogens (primary N) is 1. The van der Waals surface area contributed by atoms with Gasteiger partial charge in [0.25, 0.3) is 0 Å². The highest BCUT2D eigenvalue weighted by Crippen LogP contribution is 2.27. The molecule has 0 spiro atoms. The Morgan fingerprint density at radius 3 is 2.74 bits per heavy atom. The first-order chi connectivity index (χ1) is 9.11. The SMILES string of the molecule is CCOc1ccc(Nc2cccc(N)c2C)cc1F. The summed E-state index contributed by atoms with van der Waals surface area (Å²) < 4.78 is 18.9. The van der Waals surface area contributed by atoms with Crippen molar-refractivity contribution in [3.63, 3.8) is 0 Å². The number of benzene rings is 2. The summed E-state index contributed by atoms with van der Waals surface area (Å²) in [6, 6.07) is 10.4. The summed E-state index contributed by atoms with van der Waals surface area (Å²) >= 11 is 0. The van der Waals surface area contributed by atoms with E-state index in [9.17, 15) is 4.39 Å². The highest BCUT2D eigenvalue weighted by atomic mass is 19.1. The van der Waals surface area contributed by atoms with Crippen molar-refractivity contribution in [3.8, 4) is 5.75 Å². The standard InChI is InChI=1S/C15H17FN2O/c1-3-19-15-8-7-11(9-12(15)16)18-14-6-4-5-13(17)10(14)2/h4-9,18H,3,17H2,1-2H3. The highest BCUT2D eigenvalue weighted by Gasteiger charge is 2.06. The average Bonchev–Trinajstić information content (AvgIpc) is 2.38. The molecule has 3 nitrogen and oxygen atoms in total. The van der Waals surface area contributed by atoms with E-state index in [-0.39, 0.29) is 11.6 Å². The van der Waals surface area contributed by atoms with E-state index in [1.807, 2.05) is 32.0 Å². The highest BCUT2D eigenvalue weighted by molar-refractivity contribution is 5.69. The van der Waals surface area contributed by atoms with Gasteiger partial charge in [-0.1, -0.05) is 6.07 Å². The maximum Gasteiger partial charge on any atom is 0.167 e. The molecule has 0 saturated carbocycles. The van der Waals surface area contributed by atoms with E-state index < -0.39 is 0 Å². The summed E-state index contributed by atoms with van der Waals surface area (Å²) in [6.07, 6.45) is 0. The Morgan fingerprint density at radius 1 is 1.26 bits per heavy atom. The first-order valence-electron chi connectivity index (χ1n) is 6.16. The zero-order valence-electron chi connectivity index (χ0n) is 11.0. The van der Waals surface area contributed by atoms with Crippen LogP contribution >= 0.6 is 0 Å². The summed E-state index contributed by atoms with van der Waals surface area (Å²) in [6.45, 7) is 4.18. The van der Waals surface area contributed by atoms with Crippen LogP contribution < -0.4 is 15.8 Å². The molecule has 4 heteroatoms. The van der Waals surface area contributed by atoms with Crippen molar-refractivity contribution >= 4 is 17.1 Å². The molecule has 2 aromatic carbocycles. The number of nitrogens with one attached hydrogen (secondary N) is 1. The molecule has 0 bridgehead atoms. The van der Waals surface area contributed by atoms with Crippen LogP contribution in [0.25, 0.3) is 0 Å². The van der Waals surface area contributed by atoms with Gasteiger partial charge in [-0.2, -0.15) is 0 Å². The number of hydrogen-bond donors (Lipinski definition) is 2. The van der Waals surface area contributed by atoms with Gasteiger partial charge in [-0.05, 0) is 43.7 Å². The second-order valence-electron chi connectivity index (χ2n) is 4.22. The smallest absolute Gasteiger partial charge is 0.167 e. The van der Waals surface area contributed by atoms with Crippen molar-refractivity contribution in [1.82, 2.24) is 0 Å². The Kier molecular flexibility index (Phi) is 3.90. The number of halogens is 1. The van der Waals surface area contributed by atoms with E-state index in [0.29, 0.717) is 18.0 Å². The van der Waals surface area contributed by atoms with Crippen LogP contribution in [0, 0.1) is 12.7 Å². The van der Waals surface area contributed by atoms with Crippen LogP contribution in [0.2, 0.25) is 0 Å². The molecular formula is C15H17FN2O. The van der Waals surface area contributed by atoms with Crippen molar-refractivity contribution in [1.29, 1.82) is 0 Å². The number of ether oxygens (including phenoxy) is 1. The molecule has 3 N–H and O–H groups in total. The third kappa shape index (κ3) is 2.96. The Bertz CT molecular complexity index is 584. The Hall–Kier alpha value is -2.23. The molecule has 0 atom stereocenters. The van der Waals surface area contributed by atoms with Crippen LogP contribution in [-0.4, -0.2) is 6.61 Å². The maximum absolute atomic E-state index is 13.7. The van der Waals surface area contributed by atoms with Crippen LogP contribution in [0.1, 0.15) is 12.5 Å². The average molecular weight is 260 g/mol. The summed E-state index contributed by atoms with van der Waals surface area (Å²) in [7, 11) is 0. The van der Waals surface area contributed by atoms with Crippen LogP contribution in [0.3, 0.4) is 0 Å². The number of anilines is 3. The number of nitrogen functional groups attached to an aromatic ring is 1. The van der Waals surface area contributed by atoms with E-state index in [0.717, 1.165) is 11.3 Å². The van der Waals surface area contributed by atoms with E-state index in [2.05, 4.69) is 5.32 Å². The topological polar surface area (TPSA) is 47.3 Å². The monoisotopic (exact) mass is 260 g/mol. The Labute approximate surface area is 112 Å². The van der Waals surface area contributed by atoms with Crippen LogP contribution in [0.15, 0.2) is 36.4 Å². The fourth-order valence-corrected chi connectivity index (χ4v) is 1.80. The van der Waals surface area contributed by atoms with Crippen molar-refractivity contribution < 1.29 is 9.13 Å². The first-order valence-corrected chi connectivity index (χ1v) is 6.16. The van der Waals surface area contributed by atoms with Crippen LogP contribution in [0.5, 0.6) is 5.75 Å².